The number of carbonyl (C=O) groups is 1. The molecule has 2 N–H and O–H groups in total. The van der Waals surface area contributed by atoms with E-state index in [0.717, 1.165) is 56.1 Å². The lowest BCUT2D eigenvalue weighted by Gasteiger charge is -2.18. The van der Waals surface area contributed by atoms with Gasteiger partial charge in [-0.3, -0.25) is 0 Å². The van der Waals surface area contributed by atoms with Gasteiger partial charge in [0.1, 0.15) is 0 Å². The largest absolute Gasteiger partial charge is 0.511 e. The first-order chi connectivity index (χ1) is 10.0. The molecule has 1 aromatic rings. The van der Waals surface area contributed by atoms with Gasteiger partial charge in [-0.1, -0.05) is 33.6 Å². The zero-order chi connectivity index (χ0) is 15.8. The number of aromatic hydroxyl groups is 1. The van der Waals surface area contributed by atoms with Crippen molar-refractivity contribution < 1.29 is 19.7 Å². The fourth-order valence-electron chi connectivity index (χ4n) is 2.57. The highest BCUT2D eigenvalue weighted by molar-refractivity contribution is 5.65. The second kappa shape index (κ2) is 8.55. The number of hydrogen-bond acceptors (Lipinski definition) is 3. The maximum Gasteiger partial charge on any atom is 0.511 e. The molecule has 0 saturated heterocycles. The molecule has 0 fully saturated rings. The Hall–Kier alpha value is -1.71. The molecule has 0 amide bonds. The minimum Gasteiger partial charge on any atom is -0.504 e. The monoisotopic (exact) mass is 294 g/mol. The standard InChI is InChI=1S/C17H26O4/c1-4-7-9-13-12(6-3)11-15(21-17(19)20)16(18)14(13)10-8-5-2/h11,18H,4-10H2,1-3H3,(H,19,20). The molecule has 0 aliphatic heterocycles. The molecule has 1 rings (SSSR count). The normalized spacial score (nSPS) is 10.6. The molecule has 0 aliphatic carbocycles. The summed E-state index contributed by atoms with van der Waals surface area (Å²) in [4.78, 5) is 10.8. The van der Waals surface area contributed by atoms with E-state index in [0.29, 0.717) is 0 Å². The average molecular weight is 294 g/mol. The Morgan fingerprint density at radius 2 is 1.67 bits per heavy atom. The molecule has 1 aromatic carbocycles. The van der Waals surface area contributed by atoms with Crippen LogP contribution in [0.5, 0.6) is 11.5 Å². The molecule has 118 valence electrons. The van der Waals surface area contributed by atoms with Crippen LogP contribution in [0.25, 0.3) is 0 Å². The second-order valence-electron chi connectivity index (χ2n) is 5.27. The van der Waals surface area contributed by atoms with Crippen molar-refractivity contribution in [3.63, 3.8) is 0 Å². The molecule has 0 aromatic heterocycles. The fraction of sp³-hybridized carbons (Fsp3) is 0.588. The lowest BCUT2D eigenvalue weighted by Crippen LogP contribution is -2.07. The van der Waals surface area contributed by atoms with Crippen LogP contribution in [0, 0.1) is 0 Å². The summed E-state index contributed by atoms with van der Waals surface area (Å²) in [5, 5.41) is 19.2. The van der Waals surface area contributed by atoms with Gasteiger partial charge in [0, 0.05) is 5.56 Å². The van der Waals surface area contributed by atoms with Gasteiger partial charge in [0.25, 0.3) is 0 Å². The summed E-state index contributed by atoms with van der Waals surface area (Å²) >= 11 is 0. The highest BCUT2D eigenvalue weighted by Crippen LogP contribution is 2.37. The van der Waals surface area contributed by atoms with E-state index in [2.05, 4.69) is 13.8 Å². The van der Waals surface area contributed by atoms with Crippen LogP contribution in [0.1, 0.15) is 63.1 Å². The molecule has 0 bridgehead atoms. The zero-order valence-corrected chi connectivity index (χ0v) is 13.2. The van der Waals surface area contributed by atoms with Crippen LogP contribution >= 0.6 is 0 Å². The van der Waals surface area contributed by atoms with Crippen molar-refractivity contribution in [2.45, 2.75) is 65.7 Å². The number of phenolic OH excluding ortho intramolecular Hbond substituents is 1. The summed E-state index contributed by atoms with van der Waals surface area (Å²) in [5.74, 6) is 0.0554. The summed E-state index contributed by atoms with van der Waals surface area (Å²) in [6.07, 6.45) is 5.22. The number of aryl methyl sites for hydroxylation is 1. The van der Waals surface area contributed by atoms with Crippen LogP contribution in [-0.4, -0.2) is 16.4 Å². The fourth-order valence-corrected chi connectivity index (χ4v) is 2.57. The molecule has 4 heteroatoms. The molecular weight excluding hydrogens is 268 g/mol. The summed E-state index contributed by atoms with van der Waals surface area (Å²) in [5.41, 5.74) is 3.10. The quantitative estimate of drug-likeness (QED) is 0.539. The van der Waals surface area contributed by atoms with Gasteiger partial charge in [-0.25, -0.2) is 4.79 Å². The van der Waals surface area contributed by atoms with E-state index in [1.165, 1.54) is 5.56 Å². The van der Waals surface area contributed by atoms with Gasteiger partial charge in [0.2, 0.25) is 0 Å². The number of carboxylic acid groups (broad SMARTS) is 1. The first-order valence-electron chi connectivity index (χ1n) is 7.82. The van der Waals surface area contributed by atoms with Crippen molar-refractivity contribution in [3.05, 3.63) is 22.8 Å². The van der Waals surface area contributed by atoms with E-state index in [1.807, 2.05) is 6.92 Å². The number of rotatable bonds is 8. The Kier molecular flexibility index (Phi) is 7.06. The lowest BCUT2D eigenvalue weighted by atomic mass is 9.91. The summed E-state index contributed by atoms with van der Waals surface area (Å²) in [6.45, 7) is 6.27. The molecule has 4 nitrogen and oxygen atoms in total. The molecule has 0 heterocycles. The van der Waals surface area contributed by atoms with Crippen LogP contribution in [-0.2, 0) is 19.3 Å². The van der Waals surface area contributed by atoms with Gasteiger partial charge in [-0.05, 0) is 49.3 Å². The number of unbranched alkanes of at least 4 members (excludes halogenated alkanes) is 2. The Bertz CT molecular complexity index is 480. The molecule has 21 heavy (non-hydrogen) atoms. The molecule has 0 atom stereocenters. The van der Waals surface area contributed by atoms with Crippen LogP contribution in [0.2, 0.25) is 0 Å². The van der Waals surface area contributed by atoms with Crippen molar-refractivity contribution in [3.8, 4) is 11.5 Å². The minimum atomic E-state index is -1.39. The molecule has 0 radical (unpaired) electrons. The summed E-state index contributed by atoms with van der Waals surface area (Å²) < 4.78 is 4.73. The number of ether oxygens (including phenoxy) is 1. The van der Waals surface area contributed by atoms with E-state index in [1.54, 1.807) is 6.07 Å². The van der Waals surface area contributed by atoms with Crippen LogP contribution in [0.4, 0.5) is 4.79 Å². The van der Waals surface area contributed by atoms with Crippen molar-refractivity contribution in [2.75, 3.05) is 0 Å². The Morgan fingerprint density at radius 3 is 2.14 bits per heavy atom. The first-order valence-corrected chi connectivity index (χ1v) is 7.82. The minimum absolute atomic E-state index is 0.00541. The van der Waals surface area contributed by atoms with E-state index in [-0.39, 0.29) is 11.5 Å². The van der Waals surface area contributed by atoms with Gasteiger partial charge < -0.3 is 14.9 Å². The second-order valence-corrected chi connectivity index (χ2v) is 5.27. The molecule has 0 spiro atoms. The number of hydrogen-bond donors (Lipinski definition) is 2. The highest BCUT2D eigenvalue weighted by atomic mass is 16.7. The highest BCUT2D eigenvalue weighted by Gasteiger charge is 2.19. The maximum absolute atomic E-state index is 10.8. The van der Waals surface area contributed by atoms with Gasteiger partial charge in [0.15, 0.2) is 11.5 Å². The predicted molar refractivity (Wildman–Crippen MR) is 83.4 cm³/mol. The van der Waals surface area contributed by atoms with Gasteiger partial charge in [-0.2, -0.15) is 0 Å². The number of benzene rings is 1. The lowest BCUT2D eigenvalue weighted by molar-refractivity contribution is 0.142. The molecule has 0 saturated carbocycles. The molecule has 0 aliphatic rings. The predicted octanol–water partition coefficient (Wildman–Crippen LogP) is 4.70. The third-order valence-corrected chi connectivity index (χ3v) is 3.72. The van der Waals surface area contributed by atoms with Crippen LogP contribution in [0.15, 0.2) is 6.07 Å². The van der Waals surface area contributed by atoms with Crippen LogP contribution in [0.3, 0.4) is 0 Å². The van der Waals surface area contributed by atoms with Crippen LogP contribution < -0.4 is 4.74 Å². The topological polar surface area (TPSA) is 66.8 Å². The number of phenols is 1. The van der Waals surface area contributed by atoms with E-state index in [9.17, 15) is 9.90 Å². The smallest absolute Gasteiger partial charge is 0.504 e. The molecular formula is C17H26O4. The van der Waals surface area contributed by atoms with Gasteiger partial charge >= 0.3 is 6.16 Å². The third kappa shape index (κ3) is 4.66. The summed E-state index contributed by atoms with van der Waals surface area (Å²) in [6, 6.07) is 1.67. The Labute approximate surface area is 126 Å². The van der Waals surface area contributed by atoms with Gasteiger partial charge in [0.05, 0.1) is 0 Å². The van der Waals surface area contributed by atoms with E-state index in [4.69, 9.17) is 9.84 Å². The average Bonchev–Trinajstić information content (AvgIpc) is 2.45. The Balaban J connectivity index is 3.30. The first kappa shape index (κ1) is 17.3. The van der Waals surface area contributed by atoms with Crippen molar-refractivity contribution in [1.82, 2.24) is 0 Å². The zero-order valence-electron chi connectivity index (χ0n) is 13.2. The maximum atomic E-state index is 10.8. The van der Waals surface area contributed by atoms with Crippen molar-refractivity contribution in [1.29, 1.82) is 0 Å². The van der Waals surface area contributed by atoms with Crippen molar-refractivity contribution in [2.24, 2.45) is 0 Å². The molecule has 0 unspecified atom stereocenters. The van der Waals surface area contributed by atoms with Gasteiger partial charge in [-0.15, -0.1) is 0 Å². The Morgan fingerprint density at radius 1 is 1.10 bits per heavy atom. The SMILES string of the molecule is CCCCc1c(CC)cc(OC(=O)O)c(O)c1CCCC. The summed E-state index contributed by atoms with van der Waals surface area (Å²) in [7, 11) is 0. The third-order valence-electron chi connectivity index (χ3n) is 3.72. The van der Waals surface area contributed by atoms with E-state index >= 15 is 0 Å². The van der Waals surface area contributed by atoms with Crippen molar-refractivity contribution >= 4 is 6.16 Å². The van der Waals surface area contributed by atoms with E-state index < -0.39 is 6.16 Å².